The predicted molar refractivity (Wildman–Crippen MR) is 87.8 cm³/mol. The number of aryl methyl sites for hydroxylation is 1. The molecule has 2 rings (SSSR count). The van der Waals surface area contributed by atoms with E-state index in [1.807, 2.05) is 27.7 Å². The average Bonchev–Trinajstić information content (AvgIpc) is 2.43. The van der Waals surface area contributed by atoms with Gasteiger partial charge in [-0.3, -0.25) is 0 Å². The van der Waals surface area contributed by atoms with Gasteiger partial charge in [-0.1, -0.05) is 0 Å². The van der Waals surface area contributed by atoms with E-state index in [-0.39, 0.29) is 17.3 Å². The second kappa shape index (κ2) is 7.34. The molecule has 0 saturated carbocycles. The summed E-state index contributed by atoms with van der Waals surface area (Å²) in [5.74, 6) is 0.724. The monoisotopic (exact) mass is 341 g/mol. The second-order valence-corrected chi connectivity index (χ2v) is 7.20. The zero-order chi connectivity index (χ0) is 17.0. The number of halogens is 1. The van der Waals surface area contributed by atoms with Gasteiger partial charge in [-0.05, 0) is 52.1 Å². The first-order valence-corrected chi connectivity index (χ1v) is 8.22. The van der Waals surface area contributed by atoms with Crippen molar-refractivity contribution in [3.8, 4) is 5.88 Å². The van der Waals surface area contributed by atoms with Gasteiger partial charge in [0, 0.05) is 30.8 Å². The predicted octanol–water partition coefficient (Wildman–Crippen LogP) is 3.46. The fraction of sp³-hybridized carbons (Fsp3) is 0.688. The maximum absolute atomic E-state index is 12.1. The second-order valence-electron chi connectivity index (χ2n) is 6.86. The SMILES string of the molecule is Cc1cc(OC[C@@H]2CCCN(C(=O)OC(C)(C)C)C2)nc(Cl)n1. The Hall–Kier alpha value is -1.56. The number of carbonyl (C=O) groups is 1. The molecule has 0 N–H and O–H groups in total. The van der Waals surface area contributed by atoms with Crippen LogP contribution in [0.25, 0.3) is 0 Å². The molecule has 6 nitrogen and oxygen atoms in total. The van der Waals surface area contributed by atoms with Crippen molar-refractivity contribution < 1.29 is 14.3 Å². The third kappa shape index (κ3) is 5.86. The molecule has 1 aromatic heterocycles. The summed E-state index contributed by atoms with van der Waals surface area (Å²) < 4.78 is 11.1. The van der Waals surface area contributed by atoms with Crippen LogP contribution in [0.3, 0.4) is 0 Å². The largest absolute Gasteiger partial charge is 0.477 e. The normalized spacial score (nSPS) is 18.7. The molecule has 1 aromatic rings. The van der Waals surface area contributed by atoms with Crippen molar-refractivity contribution in [2.24, 2.45) is 5.92 Å². The fourth-order valence-corrected chi connectivity index (χ4v) is 2.69. The number of amides is 1. The molecule has 1 aliphatic heterocycles. The van der Waals surface area contributed by atoms with Gasteiger partial charge in [-0.15, -0.1) is 0 Å². The van der Waals surface area contributed by atoms with Crippen LogP contribution in [0.4, 0.5) is 4.79 Å². The van der Waals surface area contributed by atoms with Crippen molar-refractivity contribution in [2.75, 3.05) is 19.7 Å². The molecule has 0 radical (unpaired) electrons. The Labute approximate surface area is 142 Å². The zero-order valence-corrected chi connectivity index (χ0v) is 14.9. The van der Waals surface area contributed by atoms with Gasteiger partial charge >= 0.3 is 6.09 Å². The summed E-state index contributed by atoms with van der Waals surface area (Å²) >= 11 is 5.83. The molecule has 23 heavy (non-hydrogen) atoms. The van der Waals surface area contributed by atoms with Crippen LogP contribution in [0.1, 0.15) is 39.3 Å². The number of likely N-dealkylation sites (tertiary alicyclic amines) is 1. The van der Waals surface area contributed by atoms with Crippen molar-refractivity contribution in [3.05, 3.63) is 17.0 Å². The van der Waals surface area contributed by atoms with Gasteiger partial charge in [-0.25, -0.2) is 9.78 Å². The van der Waals surface area contributed by atoms with Crippen LogP contribution < -0.4 is 4.74 Å². The van der Waals surface area contributed by atoms with Crippen LogP contribution in [0, 0.1) is 12.8 Å². The van der Waals surface area contributed by atoms with E-state index in [2.05, 4.69) is 9.97 Å². The van der Waals surface area contributed by atoms with Gasteiger partial charge < -0.3 is 14.4 Å². The molecule has 0 aliphatic carbocycles. The molecule has 0 unspecified atom stereocenters. The number of nitrogens with zero attached hydrogens (tertiary/aromatic N) is 3. The van der Waals surface area contributed by atoms with Gasteiger partial charge in [0.1, 0.15) is 5.60 Å². The van der Waals surface area contributed by atoms with Crippen LogP contribution in [-0.4, -0.2) is 46.3 Å². The molecule has 128 valence electrons. The first-order chi connectivity index (χ1) is 10.7. The van der Waals surface area contributed by atoms with Crippen molar-refractivity contribution in [1.29, 1.82) is 0 Å². The number of aromatic nitrogens is 2. The van der Waals surface area contributed by atoms with Crippen LogP contribution in [0.2, 0.25) is 5.28 Å². The van der Waals surface area contributed by atoms with E-state index in [9.17, 15) is 4.79 Å². The Morgan fingerprint density at radius 2 is 2.17 bits per heavy atom. The quantitative estimate of drug-likeness (QED) is 0.788. The van der Waals surface area contributed by atoms with Gasteiger partial charge in [-0.2, -0.15) is 4.98 Å². The number of hydrogen-bond acceptors (Lipinski definition) is 5. The van der Waals surface area contributed by atoms with E-state index in [1.54, 1.807) is 11.0 Å². The molecular weight excluding hydrogens is 318 g/mol. The van der Waals surface area contributed by atoms with E-state index in [4.69, 9.17) is 21.1 Å². The van der Waals surface area contributed by atoms with Crippen molar-refractivity contribution >= 4 is 17.7 Å². The van der Waals surface area contributed by atoms with Crippen LogP contribution >= 0.6 is 11.6 Å². The molecule has 1 atom stereocenters. The van der Waals surface area contributed by atoms with E-state index in [0.717, 1.165) is 25.1 Å². The molecule has 0 aromatic carbocycles. The summed E-state index contributed by atoms with van der Waals surface area (Å²) in [6.07, 6.45) is 1.69. The lowest BCUT2D eigenvalue weighted by Gasteiger charge is -2.33. The number of ether oxygens (including phenoxy) is 2. The molecule has 1 fully saturated rings. The van der Waals surface area contributed by atoms with E-state index in [1.165, 1.54) is 0 Å². The highest BCUT2D eigenvalue weighted by Crippen LogP contribution is 2.21. The molecule has 0 bridgehead atoms. The first-order valence-electron chi connectivity index (χ1n) is 7.85. The van der Waals surface area contributed by atoms with Crippen LogP contribution in [0.15, 0.2) is 6.07 Å². The summed E-state index contributed by atoms with van der Waals surface area (Å²) in [5, 5.41) is 0.180. The molecule has 2 heterocycles. The van der Waals surface area contributed by atoms with E-state index in [0.29, 0.717) is 19.0 Å². The van der Waals surface area contributed by atoms with Crippen molar-refractivity contribution in [3.63, 3.8) is 0 Å². The lowest BCUT2D eigenvalue weighted by atomic mass is 9.99. The minimum absolute atomic E-state index is 0.180. The summed E-state index contributed by atoms with van der Waals surface area (Å²) in [7, 11) is 0. The zero-order valence-electron chi connectivity index (χ0n) is 14.1. The van der Waals surface area contributed by atoms with Gasteiger partial charge in [0.15, 0.2) is 0 Å². The lowest BCUT2D eigenvalue weighted by Crippen LogP contribution is -2.44. The highest BCUT2D eigenvalue weighted by molar-refractivity contribution is 6.28. The van der Waals surface area contributed by atoms with Gasteiger partial charge in [0.05, 0.1) is 6.61 Å². The van der Waals surface area contributed by atoms with Crippen molar-refractivity contribution in [2.45, 2.75) is 46.1 Å². The maximum atomic E-state index is 12.1. The molecule has 1 amide bonds. The number of carbonyl (C=O) groups excluding carboxylic acids is 1. The third-order valence-corrected chi connectivity index (χ3v) is 3.61. The molecular formula is C16H24ClN3O3. The molecule has 7 heteroatoms. The minimum atomic E-state index is -0.476. The summed E-state index contributed by atoms with van der Waals surface area (Å²) in [4.78, 5) is 21.9. The van der Waals surface area contributed by atoms with E-state index >= 15 is 0 Å². The van der Waals surface area contributed by atoms with E-state index < -0.39 is 5.60 Å². The van der Waals surface area contributed by atoms with Gasteiger partial charge in [0.2, 0.25) is 11.2 Å². The highest BCUT2D eigenvalue weighted by Gasteiger charge is 2.28. The molecule has 1 saturated heterocycles. The lowest BCUT2D eigenvalue weighted by molar-refractivity contribution is 0.0138. The third-order valence-electron chi connectivity index (χ3n) is 3.44. The fourth-order valence-electron chi connectivity index (χ4n) is 2.48. The van der Waals surface area contributed by atoms with Gasteiger partial charge in [0.25, 0.3) is 0 Å². The molecule has 0 spiro atoms. The highest BCUT2D eigenvalue weighted by atomic mass is 35.5. The topological polar surface area (TPSA) is 64.5 Å². The summed E-state index contributed by atoms with van der Waals surface area (Å²) in [5.41, 5.74) is 0.287. The summed E-state index contributed by atoms with van der Waals surface area (Å²) in [6.45, 7) is 9.30. The average molecular weight is 342 g/mol. The Morgan fingerprint density at radius 3 is 2.83 bits per heavy atom. The Bertz CT molecular complexity index is 540. The van der Waals surface area contributed by atoms with Crippen molar-refractivity contribution in [1.82, 2.24) is 14.9 Å². The number of rotatable bonds is 3. The maximum Gasteiger partial charge on any atom is 0.410 e. The number of piperidine rings is 1. The molecule has 1 aliphatic rings. The number of hydrogen-bond donors (Lipinski definition) is 0. The summed E-state index contributed by atoms with van der Waals surface area (Å²) in [6, 6.07) is 1.75. The van der Waals surface area contributed by atoms with Crippen LogP contribution in [0.5, 0.6) is 5.88 Å². The standard InChI is InChI=1S/C16H24ClN3O3/c1-11-8-13(19-14(17)18-11)22-10-12-6-5-7-20(9-12)15(21)23-16(2,3)4/h8,12H,5-7,9-10H2,1-4H3/t12-/m1/s1. The van der Waals surface area contributed by atoms with Crippen LogP contribution in [-0.2, 0) is 4.74 Å². The Kier molecular flexibility index (Phi) is 5.68. The smallest absolute Gasteiger partial charge is 0.410 e. The minimum Gasteiger partial charge on any atom is -0.477 e. The first kappa shape index (κ1) is 17.8. The Balaban J connectivity index is 1.87. The Morgan fingerprint density at radius 1 is 1.43 bits per heavy atom.